The van der Waals surface area contributed by atoms with Crippen LogP contribution in [0.15, 0.2) is 83.3 Å². The van der Waals surface area contributed by atoms with E-state index < -0.39 is 0 Å². The largest absolute Gasteiger partial charge is 0.484 e. The summed E-state index contributed by atoms with van der Waals surface area (Å²) in [6.45, 7) is 1.94. The Hall–Kier alpha value is -4.46. The molecule has 1 aromatic heterocycles. The van der Waals surface area contributed by atoms with Gasteiger partial charge in [-0.25, -0.2) is 0 Å². The van der Waals surface area contributed by atoms with Gasteiger partial charge in [-0.05, 0) is 43.3 Å². The summed E-state index contributed by atoms with van der Waals surface area (Å²) in [7, 11) is 0. The predicted molar refractivity (Wildman–Crippen MR) is 123 cm³/mol. The lowest BCUT2D eigenvalue weighted by molar-refractivity contribution is -0.115. The molecule has 8 nitrogen and oxygen atoms in total. The molecule has 166 valence electrons. The topological polar surface area (TPSA) is 106 Å². The summed E-state index contributed by atoms with van der Waals surface area (Å²) in [6, 6.07) is 23.4. The molecule has 3 aromatic carbocycles. The molecular weight excluding hydrogens is 420 g/mol. The summed E-state index contributed by atoms with van der Waals surface area (Å²) in [4.78, 5) is 24.2. The number of benzene rings is 3. The second-order valence-corrected chi connectivity index (χ2v) is 7.28. The van der Waals surface area contributed by atoms with Gasteiger partial charge in [-0.2, -0.15) is 0 Å². The van der Waals surface area contributed by atoms with Crippen LogP contribution in [0.4, 0.5) is 5.69 Å². The summed E-state index contributed by atoms with van der Waals surface area (Å²) < 4.78 is 11.4. The lowest BCUT2D eigenvalue weighted by Gasteiger charge is -2.09. The van der Waals surface area contributed by atoms with Crippen LogP contribution in [-0.4, -0.2) is 28.6 Å². The van der Waals surface area contributed by atoms with Gasteiger partial charge in [0.1, 0.15) is 5.75 Å². The highest BCUT2D eigenvalue weighted by atomic mass is 16.5. The molecule has 4 aromatic rings. The van der Waals surface area contributed by atoms with Crippen molar-refractivity contribution in [1.82, 2.24) is 15.5 Å². The first-order valence-corrected chi connectivity index (χ1v) is 10.3. The van der Waals surface area contributed by atoms with Crippen LogP contribution in [0.2, 0.25) is 0 Å². The molecule has 0 spiro atoms. The Labute approximate surface area is 190 Å². The minimum Gasteiger partial charge on any atom is -0.484 e. The van der Waals surface area contributed by atoms with Crippen molar-refractivity contribution in [2.75, 3.05) is 11.9 Å². The van der Waals surface area contributed by atoms with Gasteiger partial charge in [0.2, 0.25) is 11.8 Å². The maximum atomic E-state index is 12.2. The number of amides is 2. The van der Waals surface area contributed by atoms with E-state index in [-0.39, 0.29) is 25.0 Å². The molecule has 0 fully saturated rings. The molecule has 0 aliphatic rings. The van der Waals surface area contributed by atoms with Crippen LogP contribution in [0, 0.1) is 6.92 Å². The first-order chi connectivity index (χ1) is 16.1. The summed E-state index contributed by atoms with van der Waals surface area (Å²) in [6.07, 6.45) is 0. The van der Waals surface area contributed by atoms with Crippen LogP contribution < -0.4 is 15.4 Å². The molecular formula is C25H22N4O4. The Bertz CT molecular complexity index is 1240. The first-order valence-electron chi connectivity index (χ1n) is 10.3. The number of carbonyl (C=O) groups is 2. The molecule has 0 saturated heterocycles. The highest BCUT2D eigenvalue weighted by molar-refractivity contribution is 5.99. The smallest absolute Gasteiger partial charge is 0.254 e. The monoisotopic (exact) mass is 442 g/mol. The minimum atomic E-state index is -0.351. The molecule has 33 heavy (non-hydrogen) atoms. The molecule has 0 aliphatic heterocycles. The number of nitrogens with zero attached hydrogens (tertiary/aromatic N) is 2. The second kappa shape index (κ2) is 10.2. The zero-order chi connectivity index (χ0) is 23.0. The van der Waals surface area contributed by atoms with E-state index in [2.05, 4.69) is 20.8 Å². The third-order valence-corrected chi connectivity index (χ3v) is 4.69. The van der Waals surface area contributed by atoms with E-state index in [9.17, 15) is 9.59 Å². The van der Waals surface area contributed by atoms with Crippen LogP contribution in [-0.2, 0) is 11.4 Å². The summed E-state index contributed by atoms with van der Waals surface area (Å²) in [5.74, 6) is 0.621. The summed E-state index contributed by atoms with van der Waals surface area (Å²) >= 11 is 0. The Balaban J connectivity index is 1.28. The molecule has 0 atom stereocenters. The minimum absolute atomic E-state index is 0.0867. The number of nitrogens with one attached hydrogen (secondary N) is 2. The Kier molecular flexibility index (Phi) is 6.75. The van der Waals surface area contributed by atoms with Gasteiger partial charge in [-0.3, -0.25) is 9.59 Å². The zero-order valence-electron chi connectivity index (χ0n) is 17.9. The molecule has 0 saturated carbocycles. The van der Waals surface area contributed by atoms with E-state index in [0.29, 0.717) is 28.8 Å². The van der Waals surface area contributed by atoms with Crippen molar-refractivity contribution in [3.63, 3.8) is 0 Å². The van der Waals surface area contributed by atoms with Crippen molar-refractivity contribution >= 4 is 17.5 Å². The summed E-state index contributed by atoms with van der Waals surface area (Å²) in [5.41, 5.74) is 3.01. The Morgan fingerprint density at radius 3 is 2.52 bits per heavy atom. The zero-order valence-corrected chi connectivity index (χ0v) is 17.9. The summed E-state index contributed by atoms with van der Waals surface area (Å²) in [5, 5.41) is 13.4. The lowest BCUT2D eigenvalue weighted by atomic mass is 10.1. The molecule has 0 unspecified atom stereocenters. The van der Waals surface area contributed by atoms with Crippen molar-refractivity contribution in [1.29, 1.82) is 0 Å². The molecule has 1 heterocycles. The maximum absolute atomic E-state index is 12.2. The average Bonchev–Trinajstić information content (AvgIpc) is 3.31. The first kappa shape index (κ1) is 21.8. The quantitative estimate of drug-likeness (QED) is 0.427. The molecule has 0 aliphatic carbocycles. The van der Waals surface area contributed by atoms with Crippen molar-refractivity contribution < 1.29 is 18.7 Å². The van der Waals surface area contributed by atoms with Gasteiger partial charge in [0.25, 0.3) is 11.8 Å². The van der Waals surface area contributed by atoms with Crippen LogP contribution in [0.3, 0.4) is 0 Å². The van der Waals surface area contributed by atoms with Gasteiger partial charge in [0.15, 0.2) is 6.61 Å². The lowest BCUT2D eigenvalue weighted by Crippen LogP contribution is -2.32. The fourth-order valence-electron chi connectivity index (χ4n) is 2.99. The Morgan fingerprint density at radius 1 is 0.939 bits per heavy atom. The van der Waals surface area contributed by atoms with Crippen molar-refractivity contribution in [2.24, 2.45) is 0 Å². The predicted octanol–water partition coefficient (Wildman–Crippen LogP) is 3.99. The SMILES string of the molecule is Cc1ccc(-c2nnc(COc3cccc(NC(=O)CNC(=O)c4ccccc4)c3)o2)cc1. The fraction of sp³-hybridized carbons (Fsp3) is 0.120. The van der Waals surface area contributed by atoms with Crippen LogP contribution in [0.25, 0.3) is 11.5 Å². The average molecular weight is 442 g/mol. The number of hydrogen-bond acceptors (Lipinski definition) is 6. The van der Waals surface area contributed by atoms with Crippen molar-refractivity contribution in [3.05, 3.63) is 95.9 Å². The number of aryl methyl sites for hydroxylation is 1. The van der Waals surface area contributed by atoms with Gasteiger partial charge in [0, 0.05) is 22.9 Å². The van der Waals surface area contributed by atoms with Crippen molar-refractivity contribution in [2.45, 2.75) is 13.5 Å². The van der Waals surface area contributed by atoms with E-state index in [1.165, 1.54) is 0 Å². The van der Waals surface area contributed by atoms with Gasteiger partial charge in [0.05, 0.1) is 6.54 Å². The Morgan fingerprint density at radius 2 is 1.73 bits per heavy atom. The third kappa shape index (κ3) is 6.04. The van der Waals surface area contributed by atoms with Crippen LogP contribution in [0.5, 0.6) is 5.75 Å². The highest BCUT2D eigenvalue weighted by Crippen LogP contribution is 2.21. The maximum Gasteiger partial charge on any atom is 0.254 e. The van der Waals surface area contributed by atoms with Crippen LogP contribution >= 0.6 is 0 Å². The van der Waals surface area contributed by atoms with Crippen LogP contribution in [0.1, 0.15) is 21.8 Å². The second-order valence-electron chi connectivity index (χ2n) is 7.28. The number of ether oxygens (including phenoxy) is 1. The fourth-order valence-corrected chi connectivity index (χ4v) is 2.99. The number of carbonyl (C=O) groups excluding carboxylic acids is 2. The molecule has 2 amide bonds. The molecule has 4 rings (SSSR count). The number of anilines is 1. The van der Waals surface area contributed by atoms with Gasteiger partial charge in [-0.15, -0.1) is 10.2 Å². The molecule has 2 N–H and O–H groups in total. The highest BCUT2D eigenvalue weighted by Gasteiger charge is 2.11. The van der Waals surface area contributed by atoms with E-state index in [4.69, 9.17) is 9.15 Å². The van der Waals surface area contributed by atoms with Gasteiger partial charge >= 0.3 is 0 Å². The van der Waals surface area contributed by atoms with Gasteiger partial charge in [-0.1, -0.05) is 42.0 Å². The number of rotatable bonds is 8. The van der Waals surface area contributed by atoms with E-state index in [1.54, 1.807) is 48.5 Å². The van der Waals surface area contributed by atoms with E-state index >= 15 is 0 Å². The normalized spacial score (nSPS) is 10.5. The molecule has 8 heteroatoms. The standard InChI is InChI=1S/C25H22N4O4/c1-17-10-12-19(13-11-17)25-29-28-23(33-25)16-32-21-9-5-8-20(14-21)27-22(30)15-26-24(31)18-6-3-2-4-7-18/h2-14H,15-16H2,1H3,(H,26,31)(H,27,30). The van der Waals surface area contributed by atoms with Gasteiger partial charge < -0.3 is 19.8 Å². The van der Waals surface area contributed by atoms with E-state index in [1.807, 2.05) is 37.3 Å². The third-order valence-electron chi connectivity index (χ3n) is 4.69. The van der Waals surface area contributed by atoms with E-state index in [0.717, 1.165) is 11.1 Å². The van der Waals surface area contributed by atoms with Crippen molar-refractivity contribution in [3.8, 4) is 17.2 Å². The molecule has 0 radical (unpaired) electrons. The molecule has 0 bridgehead atoms. The number of hydrogen-bond donors (Lipinski definition) is 2. The number of aromatic nitrogens is 2.